The molecule has 0 bridgehead atoms. The molecule has 1 amide bonds. The van der Waals surface area contributed by atoms with Gasteiger partial charge in [-0.05, 0) is 36.0 Å². The molecular weight excluding hydrogens is 226 g/mol. The maximum atomic E-state index is 11.6. The van der Waals surface area contributed by atoms with Gasteiger partial charge in [0.05, 0.1) is 0 Å². The Bertz CT molecular complexity index is 394. The third kappa shape index (κ3) is 6.28. The van der Waals surface area contributed by atoms with Gasteiger partial charge in [0.2, 0.25) is 5.91 Å². The summed E-state index contributed by atoms with van der Waals surface area (Å²) in [6.07, 6.45) is 2.31. The van der Waals surface area contributed by atoms with Crippen molar-refractivity contribution in [3.63, 3.8) is 0 Å². The maximum Gasteiger partial charge on any atom is 0.220 e. The SMILES string of the molecule is CC(C)(C)CC(=O)NCCCc1cccc(O)c1. The Morgan fingerprint density at radius 2 is 2.06 bits per heavy atom. The molecule has 0 heterocycles. The number of benzene rings is 1. The fraction of sp³-hybridized carbons (Fsp3) is 0.533. The first-order chi connectivity index (χ1) is 8.37. The van der Waals surface area contributed by atoms with Crippen molar-refractivity contribution in [2.75, 3.05) is 6.54 Å². The molecule has 1 aromatic rings. The van der Waals surface area contributed by atoms with E-state index in [9.17, 15) is 9.90 Å². The number of rotatable bonds is 5. The number of carbonyl (C=O) groups is 1. The standard InChI is InChI=1S/C15H23NO2/c1-15(2,3)11-14(18)16-9-5-7-12-6-4-8-13(17)10-12/h4,6,8,10,17H,5,7,9,11H2,1-3H3,(H,16,18). The quantitative estimate of drug-likeness (QED) is 0.788. The normalized spacial score (nSPS) is 11.3. The average molecular weight is 249 g/mol. The Kier molecular flexibility index (Phi) is 5.20. The van der Waals surface area contributed by atoms with E-state index in [2.05, 4.69) is 26.1 Å². The van der Waals surface area contributed by atoms with Crippen LogP contribution in [0.5, 0.6) is 5.75 Å². The highest BCUT2D eigenvalue weighted by Gasteiger charge is 2.15. The van der Waals surface area contributed by atoms with Crippen LogP contribution in [0.25, 0.3) is 0 Å². The minimum absolute atomic E-state index is 0.0370. The first kappa shape index (κ1) is 14.6. The van der Waals surface area contributed by atoms with Crippen LogP contribution in [0.4, 0.5) is 0 Å². The molecule has 0 unspecified atom stereocenters. The van der Waals surface area contributed by atoms with Crippen LogP contribution in [0, 0.1) is 5.41 Å². The van der Waals surface area contributed by atoms with Gasteiger partial charge < -0.3 is 10.4 Å². The summed E-state index contributed by atoms with van der Waals surface area (Å²) in [7, 11) is 0. The summed E-state index contributed by atoms with van der Waals surface area (Å²) in [5.41, 5.74) is 1.13. The van der Waals surface area contributed by atoms with Gasteiger partial charge in [0.25, 0.3) is 0 Å². The summed E-state index contributed by atoms with van der Waals surface area (Å²) in [5, 5.41) is 12.2. The van der Waals surface area contributed by atoms with Crippen LogP contribution in [-0.4, -0.2) is 17.6 Å². The number of amides is 1. The van der Waals surface area contributed by atoms with Gasteiger partial charge in [-0.1, -0.05) is 32.9 Å². The molecule has 18 heavy (non-hydrogen) atoms. The van der Waals surface area contributed by atoms with Crippen LogP contribution in [0.15, 0.2) is 24.3 Å². The van der Waals surface area contributed by atoms with E-state index in [1.807, 2.05) is 12.1 Å². The maximum absolute atomic E-state index is 11.6. The van der Waals surface area contributed by atoms with E-state index in [0.717, 1.165) is 18.4 Å². The second kappa shape index (κ2) is 6.43. The molecule has 0 atom stereocenters. The third-order valence-electron chi connectivity index (χ3n) is 2.57. The summed E-state index contributed by atoms with van der Waals surface area (Å²) in [6, 6.07) is 7.24. The molecule has 0 aliphatic rings. The van der Waals surface area contributed by atoms with Gasteiger partial charge >= 0.3 is 0 Å². The lowest BCUT2D eigenvalue weighted by Crippen LogP contribution is -2.28. The lowest BCUT2D eigenvalue weighted by molar-refractivity contribution is -0.122. The fourth-order valence-corrected chi connectivity index (χ4v) is 1.78. The second-order valence-electron chi connectivity index (χ2n) is 5.86. The summed E-state index contributed by atoms with van der Waals surface area (Å²) in [6.45, 7) is 6.85. The van der Waals surface area contributed by atoms with Gasteiger partial charge in [0, 0.05) is 13.0 Å². The number of nitrogens with one attached hydrogen (secondary N) is 1. The molecular formula is C15H23NO2. The van der Waals surface area contributed by atoms with Gasteiger partial charge in [-0.25, -0.2) is 0 Å². The number of aromatic hydroxyl groups is 1. The molecule has 0 radical (unpaired) electrons. The van der Waals surface area contributed by atoms with E-state index in [-0.39, 0.29) is 11.3 Å². The molecule has 0 saturated carbocycles. The lowest BCUT2D eigenvalue weighted by atomic mass is 9.92. The fourth-order valence-electron chi connectivity index (χ4n) is 1.78. The highest BCUT2D eigenvalue weighted by Crippen LogP contribution is 2.17. The molecule has 0 aromatic heterocycles. The first-order valence-corrected chi connectivity index (χ1v) is 6.41. The highest BCUT2D eigenvalue weighted by molar-refractivity contribution is 5.76. The third-order valence-corrected chi connectivity index (χ3v) is 2.57. The van der Waals surface area contributed by atoms with Crippen LogP contribution in [0.3, 0.4) is 0 Å². The molecule has 0 saturated heterocycles. The van der Waals surface area contributed by atoms with Crippen molar-refractivity contribution in [3.05, 3.63) is 29.8 Å². The number of hydrogen-bond donors (Lipinski definition) is 2. The van der Waals surface area contributed by atoms with Crippen LogP contribution >= 0.6 is 0 Å². The van der Waals surface area contributed by atoms with Crippen molar-refractivity contribution >= 4 is 5.91 Å². The summed E-state index contributed by atoms with van der Waals surface area (Å²) < 4.78 is 0. The van der Waals surface area contributed by atoms with Gasteiger partial charge in [-0.15, -0.1) is 0 Å². The summed E-state index contributed by atoms with van der Waals surface area (Å²) >= 11 is 0. The van der Waals surface area contributed by atoms with Crippen molar-refractivity contribution in [1.82, 2.24) is 5.32 Å². The van der Waals surface area contributed by atoms with Crippen LogP contribution in [0.2, 0.25) is 0 Å². The van der Waals surface area contributed by atoms with Crippen molar-refractivity contribution < 1.29 is 9.90 Å². The predicted molar refractivity (Wildman–Crippen MR) is 73.5 cm³/mol. The Hall–Kier alpha value is -1.51. The average Bonchev–Trinajstić information content (AvgIpc) is 2.22. The van der Waals surface area contributed by atoms with Gasteiger partial charge in [-0.2, -0.15) is 0 Å². The number of hydrogen-bond acceptors (Lipinski definition) is 2. The number of phenolic OH excluding ortho intramolecular Hbond substituents is 1. The molecule has 2 N–H and O–H groups in total. The van der Waals surface area contributed by atoms with E-state index in [4.69, 9.17) is 0 Å². The number of carbonyl (C=O) groups excluding carboxylic acids is 1. The molecule has 3 nitrogen and oxygen atoms in total. The molecule has 1 aromatic carbocycles. The van der Waals surface area contributed by atoms with E-state index >= 15 is 0 Å². The van der Waals surface area contributed by atoms with Gasteiger partial charge in [-0.3, -0.25) is 4.79 Å². The van der Waals surface area contributed by atoms with E-state index < -0.39 is 0 Å². The number of aryl methyl sites for hydroxylation is 1. The van der Waals surface area contributed by atoms with Crippen molar-refractivity contribution in [2.45, 2.75) is 40.0 Å². The Balaban J connectivity index is 2.21. The molecule has 0 spiro atoms. The minimum Gasteiger partial charge on any atom is -0.508 e. The van der Waals surface area contributed by atoms with E-state index in [0.29, 0.717) is 18.7 Å². The number of phenols is 1. The molecule has 0 fully saturated rings. The highest BCUT2D eigenvalue weighted by atomic mass is 16.3. The zero-order valence-electron chi connectivity index (χ0n) is 11.5. The van der Waals surface area contributed by atoms with E-state index in [1.54, 1.807) is 12.1 Å². The molecule has 100 valence electrons. The smallest absolute Gasteiger partial charge is 0.220 e. The second-order valence-corrected chi connectivity index (χ2v) is 5.86. The van der Waals surface area contributed by atoms with Crippen LogP contribution in [0.1, 0.15) is 39.2 Å². The molecule has 0 aliphatic heterocycles. The topological polar surface area (TPSA) is 49.3 Å². The van der Waals surface area contributed by atoms with Crippen LogP contribution in [-0.2, 0) is 11.2 Å². The Labute approximate surface area is 109 Å². The molecule has 1 rings (SSSR count). The summed E-state index contributed by atoms with van der Waals surface area (Å²) in [4.78, 5) is 11.6. The zero-order chi connectivity index (χ0) is 13.6. The zero-order valence-corrected chi connectivity index (χ0v) is 11.5. The van der Waals surface area contributed by atoms with E-state index in [1.165, 1.54) is 0 Å². The van der Waals surface area contributed by atoms with Crippen molar-refractivity contribution in [1.29, 1.82) is 0 Å². The Morgan fingerprint density at radius 1 is 1.33 bits per heavy atom. The monoisotopic (exact) mass is 249 g/mol. The molecule has 0 aliphatic carbocycles. The van der Waals surface area contributed by atoms with Gasteiger partial charge in [0.1, 0.15) is 5.75 Å². The van der Waals surface area contributed by atoms with Crippen LogP contribution < -0.4 is 5.32 Å². The Morgan fingerprint density at radius 3 is 2.67 bits per heavy atom. The predicted octanol–water partition coefficient (Wildman–Crippen LogP) is 2.88. The van der Waals surface area contributed by atoms with Crippen molar-refractivity contribution in [3.8, 4) is 5.75 Å². The summed E-state index contributed by atoms with van der Waals surface area (Å²) in [5.74, 6) is 0.405. The minimum atomic E-state index is 0.0370. The first-order valence-electron chi connectivity index (χ1n) is 6.41. The molecule has 3 heteroatoms. The largest absolute Gasteiger partial charge is 0.508 e. The lowest BCUT2D eigenvalue weighted by Gasteiger charge is -2.17. The van der Waals surface area contributed by atoms with Crippen molar-refractivity contribution in [2.24, 2.45) is 5.41 Å². The van der Waals surface area contributed by atoms with Gasteiger partial charge in [0.15, 0.2) is 0 Å².